The molecule has 124 valence electrons. The van der Waals surface area contributed by atoms with Crippen LogP contribution in [-0.2, 0) is 4.79 Å². The third kappa shape index (κ3) is 4.03. The van der Waals surface area contributed by atoms with Gasteiger partial charge in [0.05, 0.1) is 27.1 Å². The first-order chi connectivity index (χ1) is 11.1. The van der Waals surface area contributed by atoms with Gasteiger partial charge in [-0.15, -0.1) is 10.2 Å². The second kappa shape index (κ2) is 7.99. The second-order valence-corrected chi connectivity index (χ2v) is 6.34. The lowest BCUT2D eigenvalue weighted by Crippen LogP contribution is -2.31. The number of rotatable bonds is 7. The van der Waals surface area contributed by atoms with E-state index in [-0.39, 0.29) is 11.7 Å². The van der Waals surface area contributed by atoms with Gasteiger partial charge < -0.3 is 14.2 Å². The summed E-state index contributed by atoms with van der Waals surface area (Å²) in [5.41, 5.74) is 2.85. The maximum absolute atomic E-state index is 11.2. The Morgan fingerprint density at radius 3 is 2.39 bits per heavy atom. The molecule has 3 N–H and O–H groups in total. The Morgan fingerprint density at radius 2 is 1.87 bits per heavy atom. The Kier molecular flexibility index (Phi) is 6.02. The lowest BCUT2D eigenvalue weighted by Gasteiger charge is -2.12. The highest BCUT2D eigenvalue weighted by atomic mass is 32.2. The number of nitrogens with two attached hydrogens (primary N) is 1. The molecule has 1 heterocycles. The first-order valence-corrected chi connectivity index (χ1v) is 8.19. The predicted octanol–water partition coefficient (Wildman–Crippen LogP) is 1.31. The first-order valence-electron chi connectivity index (χ1n) is 6.39. The molecule has 0 radical (unpaired) electrons. The summed E-state index contributed by atoms with van der Waals surface area (Å²) >= 11 is 2.62. The summed E-state index contributed by atoms with van der Waals surface area (Å²) < 4.78 is 16.6. The number of benzene rings is 1. The number of ether oxygens (including phenoxy) is 3. The third-order valence-corrected chi connectivity index (χ3v) is 4.91. The largest absolute Gasteiger partial charge is 0.493 e. The summed E-state index contributed by atoms with van der Waals surface area (Å²) in [6, 6.07) is 3.59. The Bertz CT molecular complexity index is 667. The molecule has 1 aromatic heterocycles. The summed E-state index contributed by atoms with van der Waals surface area (Å²) in [4.78, 5) is 11.2. The summed E-state index contributed by atoms with van der Waals surface area (Å²) in [5, 5.41) is 8.86. The quantitative estimate of drug-likeness (QED) is 0.331. The molecule has 0 aliphatic rings. The number of carbonyl (C=O) groups is 1. The van der Waals surface area contributed by atoms with Crippen LogP contribution in [0.4, 0.5) is 0 Å². The number of aromatic nitrogens is 2. The second-order valence-electron chi connectivity index (χ2n) is 4.14. The van der Waals surface area contributed by atoms with E-state index >= 15 is 0 Å². The van der Waals surface area contributed by atoms with Crippen LogP contribution in [0.3, 0.4) is 0 Å². The molecular weight excluding hydrogens is 340 g/mol. The van der Waals surface area contributed by atoms with E-state index in [1.54, 1.807) is 33.5 Å². The van der Waals surface area contributed by atoms with Gasteiger partial charge in [0, 0.05) is 5.56 Å². The molecule has 0 bridgehead atoms. The average molecular weight is 356 g/mol. The van der Waals surface area contributed by atoms with Crippen molar-refractivity contribution in [3.05, 3.63) is 12.1 Å². The van der Waals surface area contributed by atoms with Crippen molar-refractivity contribution in [2.24, 2.45) is 5.84 Å². The standard InChI is InChI=1S/C13H16N4O4S2/c1-19-8-4-7(5-9(20-2)11(8)21-3)12-16-17-13(23-12)22-6-10(18)15-14/h4-5H,6,14H2,1-3H3,(H,15,18). The summed E-state index contributed by atoms with van der Waals surface area (Å²) in [6.45, 7) is 0. The predicted molar refractivity (Wildman–Crippen MR) is 88.1 cm³/mol. The van der Waals surface area contributed by atoms with Crippen molar-refractivity contribution in [1.82, 2.24) is 15.6 Å². The number of nitrogens with zero attached hydrogens (tertiary/aromatic N) is 2. The zero-order valence-corrected chi connectivity index (χ0v) is 14.4. The molecule has 1 amide bonds. The van der Waals surface area contributed by atoms with Crippen LogP contribution in [0, 0.1) is 0 Å². The van der Waals surface area contributed by atoms with Gasteiger partial charge >= 0.3 is 0 Å². The number of carbonyl (C=O) groups excluding carboxylic acids is 1. The fourth-order valence-corrected chi connectivity index (χ4v) is 3.41. The lowest BCUT2D eigenvalue weighted by molar-refractivity contribution is -0.118. The monoisotopic (exact) mass is 356 g/mol. The van der Waals surface area contributed by atoms with Crippen molar-refractivity contribution >= 4 is 29.0 Å². The summed E-state index contributed by atoms with van der Waals surface area (Å²) in [7, 11) is 4.64. The fraction of sp³-hybridized carbons (Fsp3) is 0.308. The fourth-order valence-electron chi connectivity index (χ4n) is 1.76. The first kappa shape index (κ1) is 17.3. The molecule has 0 unspecified atom stereocenters. The number of thioether (sulfide) groups is 1. The minimum absolute atomic E-state index is 0.181. The van der Waals surface area contributed by atoms with Crippen LogP contribution in [0.2, 0.25) is 0 Å². The molecule has 10 heteroatoms. The van der Waals surface area contributed by atoms with Crippen LogP contribution in [0.1, 0.15) is 0 Å². The smallest absolute Gasteiger partial charge is 0.244 e. The van der Waals surface area contributed by atoms with E-state index in [1.165, 1.54) is 23.1 Å². The molecule has 0 atom stereocenters. The minimum atomic E-state index is -0.278. The van der Waals surface area contributed by atoms with Gasteiger partial charge in [-0.1, -0.05) is 23.1 Å². The van der Waals surface area contributed by atoms with Crippen LogP contribution >= 0.6 is 23.1 Å². The van der Waals surface area contributed by atoms with Crippen molar-refractivity contribution in [1.29, 1.82) is 0 Å². The summed E-state index contributed by atoms with van der Waals surface area (Å²) in [5.74, 6) is 6.52. The number of hydrogen-bond acceptors (Lipinski definition) is 9. The van der Waals surface area contributed by atoms with Crippen LogP contribution in [0.5, 0.6) is 17.2 Å². The number of hydrogen-bond donors (Lipinski definition) is 2. The van der Waals surface area contributed by atoms with E-state index in [2.05, 4.69) is 15.6 Å². The highest BCUT2D eigenvalue weighted by Gasteiger charge is 2.16. The van der Waals surface area contributed by atoms with Gasteiger partial charge in [-0.2, -0.15) is 0 Å². The van der Waals surface area contributed by atoms with Crippen molar-refractivity contribution in [2.75, 3.05) is 27.1 Å². The van der Waals surface area contributed by atoms with Crippen LogP contribution < -0.4 is 25.5 Å². The summed E-state index contributed by atoms with van der Waals surface area (Å²) in [6.07, 6.45) is 0. The Labute approximate surface area is 141 Å². The van der Waals surface area contributed by atoms with Crippen molar-refractivity contribution in [3.8, 4) is 27.8 Å². The van der Waals surface area contributed by atoms with Crippen molar-refractivity contribution < 1.29 is 19.0 Å². The normalized spacial score (nSPS) is 10.3. The van der Waals surface area contributed by atoms with Gasteiger partial charge in [-0.25, -0.2) is 5.84 Å². The highest BCUT2D eigenvalue weighted by Crippen LogP contribution is 2.42. The molecular formula is C13H16N4O4S2. The molecule has 2 rings (SSSR count). The zero-order chi connectivity index (χ0) is 16.8. The Balaban J connectivity index is 2.28. The molecule has 0 fully saturated rings. The molecule has 8 nitrogen and oxygen atoms in total. The van der Waals surface area contributed by atoms with Gasteiger partial charge in [-0.3, -0.25) is 10.2 Å². The maximum Gasteiger partial charge on any atom is 0.244 e. The van der Waals surface area contributed by atoms with Crippen LogP contribution in [0.25, 0.3) is 10.6 Å². The van der Waals surface area contributed by atoms with Crippen LogP contribution in [-0.4, -0.2) is 43.2 Å². The van der Waals surface area contributed by atoms with E-state index in [0.717, 1.165) is 5.56 Å². The molecule has 23 heavy (non-hydrogen) atoms. The number of hydrazine groups is 1. The topological polar surface area (TPSA) is 109 Å². The van der Waals surface area contributed by atoms with E-state index in [4.69, 9.17) is 20.1 Å². The highest BCUT2D eigenvalue weighted by molar-refractivity contribution is 8.01. The van der Waals surface area contributed by atoms with E-state index in [0.29, 0.717) is 26.6 Å². The molecule has 1 aromatic carbocycles. The number of nitrogens with one attached hydrogen (secondary N) is 1. The van der Waals surface area contributed by atoms with Gasteiger partial charge in [0.1, 0.15) is 5.01 Å². The SMILES string of the molecule is COc1cc(-c2nnc(SCC(=O)NN)s2)cc(OC)c1OC. The van der Waals surface area contributed by atoms with E-state index < -0.39 is 0 Å². The van der Waals surface area contributed by atoms with E-state index in [9.17, 15) is 4.79 Å². The molecule has 0 saturated heterocycles. The molecule has 0 saturated carbocycles. The Hall–Kier alpha value is -2.04. The van der Waals surface area contributed by atoms with Gasteiger partial charge in [0.25, 0.3) is 0 Å². The molecule has 0 aliphatic carbocycles. The van der Waals surface area contributed by atoms with Crippen molar-refractivity contribution in [2.45, 2.75) is 4.34 Å². The molecule has 0 aliphatic heterocycles. The van der Waals surface area contributed by atoms with Crippen molar-refractivity contribution in [3.63, 3.8) is 0 Å². The molecule has 2 aromatic rings. The Morgan fingerprint density at radius 1 is 1.22 bits per heavy atom. The van der Waals surface area contributed by atoms with Gasteiger partial charge in [0.15, 0.2) is 15.8 Å². The number of methoxy groups -OCH3 is 3. The van der Waals surface area contributed by atoms with Gasteiger partial charge in [-0.05, 0) is 12.1 Å². The molecule has 0 spiro atoms. The van der Waals surface area contributed by atoms with Gasteiger partial charge in [0.2, 0.25) is 11.7 Å². The van der Waals surface area contributed by atoms with E-state index in [1.807, 2.05) is 0 Å². The minimum Gasteiger partial charge on any atom is -0.493 e. The van der Waals surface area contributed by atoms with Crippen LogP contribution in [0.15, 0.2) is 16.5 Å². The lowest BCUT2D eigenvalue weighted by atomic mass is 10.2. The average Bonchev–Trinajstić information content (AvgIpc) is 3.07. The number of amides is 1. The maximum atomic E-state index is 11.2. The third-order valence-electron chi connectivity index (χ3n) is 2.81. The zero-order valence-electron chi connectivity index (χ0n) is 12.8.